The summed E-state index contributed by atoms with van der Waals surface area (Å²) in [6.45, 7) is 0. The number of thiophene rings is 2. The summed E-state index contributed by atoms with van der Waals surface area (Å²) in [6.07, 6.45) is 0. The number of fused-ring (bicyclic) bond motifs is 1. The lowest BCUT2D eigenvalue weighted by Crippen LogP contribution is -2.10. The predicted octanol–water partition coefficient (Wildman–Crippen LogP) is 5.32. The van der Waals surface area contributed by atoms with E-state index in [1.165, 1.54) is 9.40 Å². The topological polar surface area (TPSA) is 26.0 Å². The van der Waals surface area contributed by atoms with Gasteiger partial charge in [0, 0.05) is 24.3 Å². The molecule has 0 radical (unpaired) electrons. The Kier molecular flexibility index (Phi) is 3.34. The summed E-state index contributed by atoms with van der Waals surface area (Å²) in [5, 5.41) is 3.40. The average Bonchev–Trinajstić information content (AvgIpc) is 2.91. The van der Waals surface area contributed by atoms with Crippen LogP contribution in [-0.4, -0.2) is 0 Å². The summed E-state index contributed by atoms with van der Waals surface area (Å²) in [5.74, 6) is 0. The van der Waals surface area contributed by atoms with E-state index >= 15 is 0 Å². The molecule has 0 bridgehead atoms. The summed E-state index contributed by atoms with van der Waals surface area (Å²) in [6, 6.07) is 9.41. The highest BCUT2D eigenvalue weighted by molar-refractivity contribution is 7.27. The first-order valence-corrected chi connectivity index (χ1v) is 7.78. The van der Waals surface area contributed by atoms with Crippen LogP contribution >= 0.6 is 45.9 Å². The lowest BCUT2D eigenvalue weighted by Gasteiger charge is -2.12. The molecule has 0 spiro atoms. The Morgan fingerprint density at radius 2 is 1.89 bits per heavy atom. The maximum Gasteiger partial charge on any atom is 0.0661 e. The first-order valence-electron chi connectivity index (χ1n) is 5.32. The van der Waals surface area contributed by atoms with Crippen molar-refractivity contribution in [3.8, 4) is 0 Å². The number of halogens is 2. The molecule has 1 aromatic carbocycles. The van der Waals surface area contributed by atoms with Crippen LogP contribution in [0.1, 0.15) is 16.5 Å². The first-order chi connectivity index (χ1) is 8.65. The molecule has 3 rings (SSSR count). The molecule has 2 heterocycles. The van der Waals surface area contributed by atoms with Crippen molar-refractivity contribution < 1.29 is 0 Å². The van der Waals surface area contributed by atoms with Gasteiger partial charge in [0.05, 0.1) is 6.04 Å². The van der Waals surface area contributed by atoms with Gasteiger partial charge in [-0.3, -0.25) is 0 Å². The molecule has 0 saturated heterocycles. The third-order valence-corrected chi connectivity index (χ3v) is 5.51. The van der Waals surface area contributed by atoms with Crippen molar-refractivity contribution in [2.75, 3.05) is 0 Å². The normalized spacial score (nSPS) is 13.1. The van der Waals surface area contributed by atoms with Gasteiger partial charge in [0.25, 0.3) is 0 Å². The van der Waals surface area contributed by atoms with E-state index in [1.54, 1.807) is 34.8 Å². The molecular formula is C13H9Cl2NS2. The highest BCUT2D eigenvalue weighted by atomic mass is 35.5. The smallest absolute Gasteiger partial charge is 0.0661 e. The van der Waals surface area contributed by atoms with Crippen molar-refractivity contribution in [1.82, 2.24) is 0 Å². The third-order valence-electron chi connectivity index (χ3n) is 2.76. The monoisotopic (exact) mass is 313 g/mol. The molecule has 2 aromatic heterocycles. The van der Waals surface area contributed by atoms with E-state index in [1.807, 2.05) is 6.07 Å². The van der Waals surface area contributed by atoms with Gasteiger partial charge in [-0.2, -0.15) is 0 Å². The Morgan fingerprint density at radius 1 is 1.06 bits per heavy atom. The van der Waals surface area contributed by atoms with Crippen LogP contribution in [0.25, 0.3) is 9.40 Å². The van der Waals surface area contributed by atoms with Gasteiger partial charge in [-0.1, -0.05) is 23.2 Å². The van der Waals surface area contributed by atoms with E-state index in [4.69, 9.17) is 28.9 Å². The molecule has 3 aromatic rings. The fourth-order valence-electron chi connectivity index (χ4n) is 1.84. The molecular weight excluding hydrogens is 305 g/mol. The van der Waals surface area contributed by atoms with Crippen molar-refractivity contribution in [3.63, 3.8) is 0 Å². The standard InChI is InChI=1S/C13H9Cl2NS2/c14-7-1-2-9(15)8(5-7)13(16)12-6-11-10(18-12)3-4-17-11/h1-6,13H,16H2. The summed E-state index contributed by atoms with van der Waals surface area (Å²) in [7, 11) is 0. The second-order valence-electron chi connectivity index (χ2n) is 3.94. The minimum Gasteiger partial charge on any atom is -0.320 e. The summed E-state index contributed by atoms with van der Waals surface area (Å²) in [5.41, 5.74) is 7.15. The van der Waals surface area contributed by atoms with Crippen LogP contribution < -0.4 is 5.73 Å². The van der Waals surface area contributed by atoms with Crippen LogP contribution in [-0.2, 0) is 0 Å². The van der Waals surface area contributed by atoms with Crippen molar-refractivity contribution >= 4 is 55.3 Å². The van der Waals surface area contributed by atoms with E-state index in [2.05, 4.69) is 17.5 Å². The fraction of sp³-hybridized carbons (Fsp3) is 0.0769. The Hall–Kier alpha value is -0.580. The van der Waals surface area contributed by atoms with Gasteiger partial charge in [0.15, 0.2) is 0 Å². The summed E-state index contributed by atoms with van der Waals surface area (Å²) in [4.78, 5) is 1.11. The van der Waals surface area contributed by atoms with Gasteiger partial charge < -0.3 is 5.73 Å². The molecule has 1 nitrogen and oxygen atoms in total. The Bertz CT molecular complexity index is 673. The zero-order valence-electron chi connectivity index (χ0n) is 9.19. The van der Waals surface area contributed by atoms with E-state index in [-0.39, 0.29) is 6.04 Å². The number of rotatable bonds is 2. The van der Waals surface area contributed by atoms with Crippen LogP contribution in [0, 0.1) is 0 Å². The van der Waals surface area contributed by atoms with Crippen molar-refractivity contribution in [2.24, 2.45) is 5.73 Å². The maximum atomic E-state index is 6.28. The van der Waals surface area contributed by atoms with E-state index in [0.717, 1.165) is 10.4 Å². The molecule has 18 heavy (non-hydrogen) atoms. The van der Waals surface area contributed by atoms with Crippen LogP contribution in [0.3, 0.4) is 0 Å². The molecule has 0 aliphatic rings. The predicted molar refractivity (Wildman–Crippen MR) is 82.2 cm³/mol. The van der Waals surface area contributed by atoms with E-state index < -0.39 is 0 Å². The zero-order chi connectivity index (χ0) is 12.7. The number of hydrogen-bond donors (Lipinski definition) is 1. The molecule has 5 heteroatoms. The fourth-order valence-corrected chi connectivity index (χ4v) is 4.40. The summed E-state index contributed by atoms with van der Waals surface area (Å²) < 4.78 is 2.53. The molecule has 1 unspecified atom stereocenters. The molecule has 92 valence electrons. The Labute approximate surface area is 123 Å². The van der Waals surface area contributed by atoms with E-state index in [0.29, 0.717) is 10.0 Å². The van der Waals surface area contributed by atoms with Crippen LogP contribution in [0.4, 0.5) is 0 Å². The molecule has 2 N–H and O–H groups in total. The van der Waals surface area contributed by atoms with Crippen LogP contribution in [0.2, 0.25) is 10.0 Å². The molecule has 0 fully saturated rings. The van der Waals surface area contributed by atoms with Crippen LogP contribution in [0.15, 0.2) is 35.7 Å². The zero-order valence-corrected chi connectivity index (χ0v) is 12.3. The minimum atomic E-state index is -0.221. The van der Waals surface area contributed by atoms with Crippen molar-refractivity contribution in [2.45, 2.75) is 6.04 Å². The van der Waals surface area contributed by atoms with Crippen molar-refractivity contribution in [3.05, 3.63) is 56.2 Å². The lowest BCUT2D eigenvalue weighted by molar-refractivity contribution is 0.895. The number of benzene rings is 1. The van der Waals surface area contributed by atoms with Gasteiger partial charge in [0.2, 0.25) is 0 Å². The minimum absolute atomic E-state index is 0.221. The van der Waals surface area contributed by atoms with Gasteiger partial charge in [-0.25, -0.2) is 0 Å². The lowest BCUT2D eigenvalue weighted by atomic mass is 10.1. The highest BCUT2D eigenvalue weighted by Gasteiger charge is 2.16. The molecule has 0 saturated carbocycles. The quantitative estimate of drug-likeness (QED) is 0.681. The van der Waals surface area contributed by atoms with Crippen molar-refractivity contribution in [1.29, 1.82) is 0 Å². The molecule has 1 atom stereocenters. The third kappa shape index (κ3) is 2.17. The first kappa shape index (κ1) is 12.5. The van der Waals surface area contributed by atoms with Crippen LogP contribution in [0.5, 0.6) is 0 Å². The molecule has 0 aliphatic carbocycles. The average molecular weight is 314 g/mol. The second kappa shape index (κ2) is 4.83. The second-order valence-corrected chi connectivity index (χ2v) is 6.85. The van der Waals surface area contributed by atoms with Gasteiger partial charge >= 0.3 is 0 Å². The number of nitrogens with two attached hydrogens (primary N) is 1. The van der Waals surface area contributed by atoms with E-state index in [9.17, 15) is 0 Å². The highest BCUT2D eigenvalue weighted by Crippen LogP contribution is 2.37. The SMILES string of the molecule is NC(c1cc2sccc2s1)c1cc(Cl)ccc1Cl. The van der Waals surface area contributed by atoms with Gasteiger partial charge in [-0.15, -0.1) is 22.7 Å². The Morgan fingerprint density at radius 3 is 2.67 bits per heavy atom. The maximum absolute atomic E-state index is 6.28. The van der Waals surface area contributed by atoms with Gasteiger partial charge in [-0.05, 0) is 41.3 Å². The van der Waals surface area contributed by atoms with Gasteiger partial charge in [0.1, 0.15) is 0 Å². The Balaban J connectivity index is 2.05. The summed E-state index contributed by atoms with van der Waals surface area (Å²) >= 11 is 15.6. The number of hydrogen-bond acceptors (Lipinski definition) is 3. The largest absolute Gasteiger partial charge is 0.320 e. The molecule has 0 amide bonds. The molecule has 0 aliphatic heterocycles.